The first-order valence-electron chi connectivity index (χ1n) is 7.39. The lowest BCUT2D eigenvalue weighted by molar-refractivity contribution is -0.119. The highest BCUT2D eigenvalue weighted by atomic mass is 35.5. The van der Waals surface area contributed by atoms with Gasteiger partial charge in [-0.2, -0.15) is 0 Å². The number of benzene rings is 1. The number of anilines is 1. The minimum atomic E-state index is 0. The van der Waals surface area contributed by atoms with E-state index in [1.54, 1.807) is 0 Å². The normalized spacial score (nSPS) is 24.4. The van der Waals surface area contributed by atoms with Crippen molar-refractivity contribution in [2.24, 2.45) is 0 Å². The van der Waals surface area contributed by atoms with E-state index in [9.17, 15) is 4.79 Å². The summed E-state index contributed by atoms with van der Waals surface area (Å²) in [5.74, 6) is 0.283. The number of halogens is 1. The number of nitrogens with one attached hydrogen (secondary N) is 1. The number of nitrogens with zero attached hydrogens (tertiary/aromatic N) is 1. The minimum absolute atomic E-state index is 0. The van der Waals surface area contributed by atoms with Crippen LogP contribution in [0.3, 0.4) is 0 Å². The maximum absolute atomic E-state index is 12.5. The Balaban J connectivity index is 0.00000147. The molecule has 1 aromatic carbocycles. The van der Waals surface area contributed by atoms with Gasteiger partial charge in [0.2, 0.25) is 5.91 Å². The molecule has 3 rings (SSSR count). The molecule has 0 aliphatic carbocycles. The van der Waals surface area contributed by atoms with Crippen LogP contribution in [-0.4, -0.2) is 24.5 Å². The Labute approximate surface area is 127 Å². The lowest BCUT2D eigenvalue weighted by atomic mass is 10.1. The second-order valence-corrected chi connectivity index (χ2v) is 5.78. The SMILES string of the molecule is CC1Cc2ccccc2N1C(=O)CCC1CCCN1.Cl. The van der Waals surface area contributed by atoms with Gasteiger partial charge in [-0.25, -0.2) is 0 Å². The van der Waals surface area contributed by atoms with Crippen molar-refractivity contribution in [1.29, 1.82) is 0 Å². The summed E-state index contributed by atoms with van der Waals surface area (Å²) >= 11 is 0. The molecule has 20 heavy (non-hydrogen) atoms. The molecular weight excluding hydrogens is 272 g/mol. The molecule has 2 heterocycles. The van der Waals surface area contributed by atoms with E-state index in [0.717, 1.165) is 25.1 Å². The van der Waals surface area contributed by atoms with Crippen LogP contribution in [0.25, 0.3) is 0 Å². The van der Waals surface area contributed by atoms with E-state index in [0.29, 0.717) is 18.5 Å². The molecule has 0 saturated carbocycles. The molecule has 2 atom stereocenters. The van der Waals surface area contributed by atoms with Crippen molar-refractivity contribution >= 4 is 24.0 Å². The molecule has 0 radical (unpaired) electrons. The fraction of sp³-hybridized carbons (Fsp3) is 0.562. The largest absolute Gasteiger partial charge is 0.314 e. The zero-order valence-corrected chi connectivity index (χ0v) is 12.8. The fourth-order valence-electron chi connectivity index (χ4n) is 3.37. The molecule has 0 bridgehead atoms. The zero-order chi connectivity index (χ0) is 13.2. The second kappa shape index (κ2) is 6.59. The Morgan fingerprint density at radius 2 is 2.20 bits per heavy atom. The Morgan fingerprint density at radius 1 is 1.40 bits per heavy atom. The van der Waals surface area contributed by atoms with E-state index in [1.807, 2.05) is 11.0 Å². The number of para-hydroxylation sites is 1. The smallest absolute Gasteiger partial charge is 0.227 e. The van der Waals surface area contributed by atoms with Gasteiger partial charge in [0.25, 0.3) is 0 Å². The van der Waals surface area contributed by atoms with Gasteiger partial charge in [-0.3, -0.25) is 4.79 Å². The molecule has 1 aromatic rings. The van der Waals surface area contributed by atoms with Crippen LogP contribution in [0.2, 0.25) is 0 Å². The summed E-state index contributed by atoms with van der Waals surface area (Å²) in [6.07, 6.45) is 5.10. The third-order valence-corrected chi connectivity index (χ3v) is 4.34. The Bertz CT molecular complexity index is 471. The van der Waals surface area contributed by atoms with Crippen LogP contribution in [0.15, 0.2) is 24.3 Å². The molecule has 1 fully saturated rings. The topological polar surface area (TPSA) is 32.3 Å². The lowest BCUT2D eigenvalue weighted by Gasteiger charge is -2.23. The maximum atomic E-state index is 12.5. The Morgan fingerprint density at radius 3 is 2.95 bits per heavy atom. The maximum Gasteiger partial charge on any atom is 0.227 e. The first-order valence-corrected chi connectivity index (χ1v) is 7.39. The van der Waals surface area contributed by atoms with Gasteiger partial charge in [0.15, 0.2) is 0 Å². The van der Waals surface area contributed by atoms with Crippen LogP contribution in [0.1, 0.15) is 38.2 Å². The van der Waals surface area contributed by atoms with E-state index in [2.05, 4.69) is 30.4 Å². The quantitative estimate of drug-likeness (QED) is 0.930. The van der Waals surface area contributed by atoms with Crippen LogP contribution in [0, 0.1) is 0 Å². The summed E-state index contributed by atoms with van der Waals surface area (Å²) in [4.78, 5) is 14.5. The van der Waals surface area contributed by atoms with Crippen molar-refractivity contribution in [2.75, 3.05) is 11.4 Å². The number of rotatable bonds is 3. The van der Waals surface area contributed by atoms with E-state index in [-0.39, 0.29) is 18.3 Å². The number of hydrogen-bond acceptors (Lipinski definition) is 2. The number of fused-ring (bicyclic) bond motifs is 1. The van der Waals surface area contributed by atoms with E-state index >= 15 is 0 Å². The molecule has 2 aliphatic heterocycles. The first kappa shape index (κ1) is 15.3. The van der Waals surface area contributed by atoms with Crippen molar-refractivity contribution in [3.63, 3.8) is 0 Å². The molecule has 1 amide bonds. The summed E-state index contributed by atoms with van der Waals surface area (Å²) in [7, 11) is 0. The molecular formula is C16H23ClN2O. The summed E-state index contributed by atoms with van der Waals surface area (Å²) in [6.45, 7) is 3.26. The average molecular weight is 295 g/mol. The highest BCUT2D eigenvalue weighted by molar-refractivity contribution is 5.96. The number of amides is 1. The number of hydrogen-bond donors (Lipinski definition) is 1. The molecule has 2 aliphatic rings. The molecule has 3 nitrogen and oxygen atoms in total. The van der Waals surface area contributed by atoms with Gasteiger partial charge in [-0.1, -0.05) is 18.2 Å². The van der Waals surface area contributed by atoms with Gasteiger partial charge in [0.1, 0.15) is 0 Å². The Kier molecular flexibility index (Phi) is 5.06. The monoisotopic (exact) mass is 294 g/mol. The molecule has 1 N–H and O–H groups in total. The summed E-state index contributed by atoms with van der Waals surface area (Å²) in [5.41, 5.74) is 2.43. The zero-order valence-electron chi connectivity index (χ0n) is 12.0. The van der Waals surface area contributed by atoms with E-state index in [1.165, 1.54) is 18.4 Å². The van der Waals surface area contributed by atoms with Crippen molar-refractivity contribution in [1.82, 2.24) is 5.32 Å². The third-order valence-electron chi connectivity index (χ3n) is 4.34. The van der Waals surface area contributed by atoms with Crippen LogP contribution >= 0.6 is 12.4 Å². The van der Waals surface area contributed by atoms with Crippen LogP contribution in [0.4, 0.5) is 5.69 Å². The van der Waals surface area contributed by atoms with Crippen molar-refractivity contribution in [3.8, 4) is 0 Å². The van der Waals surface area contributed by atoms with Crippen molar-refractivity contribution < 1.29 is 4.79 Å². The molecule has 1 saturated heterocycles. The second-order valence-electron chi connectivity index (χ2n) is 5.78. The van der Waals surface area contributed by atoms with Crippen molar-refractivity contribution in [3.05, 3.63) is 29.8 Å². The standard InChI is InChI=1S/C16H22N2O.ClH/c1-12-11-13-5-2-3-7-15(13)18(12)16(19)9-8-14-6-4-10-17-14;/h2-3,5,7,12,14,17H,4,6,8-11H2,1H3;1H. The van der Waals surface area contributed by atoms with E-state index in [4.69, 9.17) is 0 Å². The molecule has 110 valence electrons. The van der Waals surface area contributed by atoms with Crippen LogP contribution < -0.4 is 10.2 Å². The minimum Gasteiger partial charge on any atom is -0.314 e. The summed E-state index contributed by atoms with van der Waals surface area (Å²) in [5, 5.41) is 3.46. The predicted molar refractivity (Wildman–Crippen MR) is 84.6 cm³/mol. The van der Waals surface area contributed by atoms with Gasteiger partial charge >= 0.3 is 0 Å². The first-order chi connectivity index (χ1) is 9.25. The fourth-order valence-corrected chi connectivity index (χ4v) is 3.37. The van der Waals surface area contributed by atoms with Gasteiger partial charge < -0.3 is 10.2 Å². The van der Waals surface area contributed by atoms with Gasteiger partial charge in [0.05, 0.1) is 0 Å². The molecule has 0 aromatic heterocycles. The molecule has 2 unspecified atom stereocenters. The molecule has 0 spiro atoms. The van der Waals surface area contributed by atoms with Gasteiger partial charge in [-0.15, -0.1) is 12.4 Å². The van der Waals surface area contributed by atoms with Gasteiger partial charge in [-0.05, 0) is 50.8 Å². The van der Waals surface area contributed by atoms with Crippen LogP contribution in [-0.2, 0) is 11.2 Å². The average Bonchev–Trinajstić information content (AvgIpc) is 3.02. The van der Waals surface area contributed by atoms with Gasteiger partial charge in [0, 0.05) is 24.2 Å². The van der Waals surface area contributed by atoms with Crippen molar-refractivity contribution in [2.45, 2.75) is 51.1 Å². The Hall–Kier alpha value is -1.06. The highest BCUT2D eigenvalue weighted by Crippen LogP contribution is 2.32. The van der Waals surface area contributed by atoms with E-state index < -0.39 is 0 Å². The molecule has 4 heteroatoms. The number of carbonyl (C=O) groups excluding carboxylic acids is 1. The lowest BCUT2D eigenvalue weighted by Crippen LogP contribution is -2.36. The summed E-state index contributed by atoms with van der Waals surface area (Å²) in [6, 6.07) is 9.15. The summed E-state index contributed by atoms with van der Waals surface area (Å²) < 4.78 is 0. The third kappa shape index (κ3) is 2.99. The van der Waals surface area contributed by atoms with Crippen LogP contribution in [0.5, 0.6) is 0 Å². The number of carbonyl (C=O) groups is 1. The predicted octanol–water partition coefficient (Wildman–Crippen LogP) is 2.92. The highest BCUT2D eigenvalue weighted by Gasteiger charge is 2.30.